The maximum absolute atomic E-state index is 12.3. The third-order valence-corrected chi connectivity index (χ3v) is 3.98. The number of hydrogen-bond acceptors (Lipinski definition) is 4. The van der Waals surface area contributed by atoms with Crippen molar-refractivity contribution in [2.75, 3.05) is 0 Å². The van der Waals surface area contributed by atoms with Crippen LogP contribution in [0.2, 0.25) is 0 Å². The summed E-state index contributed by atoms with van der Waals surface area (Å²) in [5, 5.41) is 13.1. The van der Waals surface area contributed by atoms with Crippen molar-refractivity contribution < 1.29 is 9.90 Å². The highest BCUT2D eigenvalue weighted by Crippen LogP contribution is 2.17. The first-order chi connectivity index (χ1) is 9.54. The maximum atomic E-state index is 12.3. The zero-order valence-corrected chi connectivity index (χ0v) is 11.4. The number of aryl methyl sites for hydroxylation is 1. The molecule has 3 aromatic heterocycles. The number of hydrogen-bond donors (Lipinski definition) is 1. The van der Waals surface area contributed by atoms with E-state index in [0.29, 0.717) is 12.1 Å². The summed E-state index contributed by atoms with van der Waals surface area (Å²) in [6.07, 6.45) is 3.37. The topological polar surface area (TPSA) is 76.6 Å². The Hall–Kier alpha value is -2.41. The van der Waals surface area contributed by atoms with Crippen LogP contribution in [0.15, 0.2) is 35.4 Å². The number of fused-ring (bicyclic) bond motifs is 1. The second-order valence-electron chi connectivity index (χ2n) is 4.42. The number of aromatic nitrogens is 3. The van der Waals surface area contributed by atoms with E-state index in [1.165, 1.54) is 11.3 Å². The van der Waals surface area contributed by atoms with Crippen molar-refractivity contribution in [3.8, 4) is 0 Å². The molecule has 0 radical (unpaired) electrons. The molecule has 6 nitrogen and oxygen atoms in total. The Balaban J connectivity index is 1.99. The monoisotopic (exact) mass is 289 g/mol. The summed E-state index contributed by atoms with van der Waals surface area (Å²) in [7, 11) is 0. The van der Waals surface area contributed by atoms with Crippen molar-refractivity contribution in [2.45, 2.75) is 13.5 Å². The van der Waals surface area contributed by atoms with Gasteiger partial charge in [0.05, 0.1) is 12.2 Å². The Bertz CT molecular complexity index is 859. The van der Waals surface area contributed by atoms with Crippen molar-refractivity contribution in [3.63, 3.8) is 0 Å². The van der Waals surface area contributed by atoms with E-state index in [2.05, 4.69) is 5.10 Å². The van der Waals surface area contributed by atoms with Crippen LogP contribution >= 0.6 is 11.3 Å². The Morgan fingerprint density at radius 3 is 2.90 bits per heavy atom. The van der Waals surface area contributed by atoms with Crippen LogP contribution in [0.25, 0.3) is 5.52 Å². The molecular weight excluding hydrogens is 278 g/mol. The van der Waals surface area contributed by atoms with Gasteiger partial charge in [0, 0.05) is 17.3 Å². The van der Waals surface area contributed by atoms with E-state index in [1.54, 1.807) is 39.7 Å². The van der Waals surface area contributed by atoms with Gasteiger partial charge in [-0.05, 0) is 25.1 Å². The van der Waals surface area contributed by atoms with Gasteiger partial charge in [-0.1, -0.05) is 0 Å². The molecule has 102 valence electrons. The molecule has 0 spiro atoms. The molecule has 0 unspecified atom stereocenters. The summed E-state index contributed by atoms with van der Waals surface area (Å²) in [6, 6.07) is 5.01. The van der Waals surface area contributed by atoms with Gasteiger partial charge in [-0.25, -0.2) is 9.31 Å². The van der Waals surface area contributed by atoms with E-state index in [9.17, 15) is 9.59 Å². The van der Waals surface area contributed by atoms with Gasteiger partial charge >= 0.3 is 5.97 Å². The van der Waals surface area contributed by atoms with E-state index >= 15 is 0 Å². The van der Waals surface area contributed by atoms with Gasteiger partial charge in [-0.3, -0.25) is 4.79 Å². The van der Waals surface area contributed by atoms with Gasteiger partial charge in [-0.2, -0.15) is 5.10 Å². The minimum Gasteiger partial charge on any atom is -0.477 e. The second kappa shape index (κ2) is 4.61. The molecule has 1 N–H and O–H groups in total. The van der Waals surface area contributed by atoms with E-state index < -0.39 is 5.97 Å². The normalized spacial score (nSPS) is 11.1. The lowest BCUT2D eigenvalue weighted by Crippen LogP contribution is -2.21. The van der Waals surface area contributed by atoms with Crippen molar-refractivity contribution in [3.05, 3.63) is 56.4 Å². The van der Waals surface area contributed by atoms with Crippen LogP contribution in [0.4, 0.5) is 0 Å². The third-order valence-electron chi connectivity index (χ3n) is 2.92. The van der Waals surface area contributed by atoms with Gasteiger partial charge in [0.2, 0.25) is 0 Å². The quantitative estimate of drug-likeness (QED) is 0.794. The minimum absolute atomic E-state index is 0.140. The predicted molar refractivity (Wildman–Crippen MR) is 74.6 cm³/mol. The molecule has 0 atom stereocenters. The summed E-state index contributed by atoms with van der Waals surface area (Å²) in [5.41, 5.74) is 1.16. The first-order valence-electron chi connectivity index (χ1n) is 5.92. The maximum Gasteiger partial charge on any atom is 0.345 e. The molecule has 0 aliphatic carbocycles. The number of carbonyl (C=O) groups is 1. The highest BCUT2D eigenvalue weighted by atomic mass is 32.1. The molecule has 0 bridgehead atoms. The molecule has 3 heterocycles. The van der Waals surface area contributed by atoms with Gasteiger partial charge in [0.15, 0.2) is 0 Å². The third kappa shape index (κ3) is 2.12. The Kier molecular flexibility index (Phi) is 2.90. The molecule has 0 fully saturated rings. The van der Waals surface area contributed by atoms with Crippen molar-refractivity contribution in [1.82, 2.24) is 14.2 Å². The number of aromatic carboxylic acids is 1. The number of thiophene rings is 1. The lowest BCUT2D eigenvalue weighted by Gasteiger charge is -2.03. The van der Waals surface area contributed by atoms with Gasteiger partial charge in [0.25, 0.3) is 5.56 Å². The summed E-state index contributed by atoms with van der Waals surface area (Å²) in [6.45, 7) is 2.19. The van der Waals surface area contributed by atoms with Crippen LogP contribution in [-0.4, -0.2) is 25.3 Å². The standard InChI is InChI=1S/C13H11N3O3S/c1-8-6-10-12(17)15(4-5-16(10)14-8)7-9-2-3-11(20-9)13(18)19/h2-6H,7H2,1H3,(H,18,19). The highest BCUT2D eigenvalue weighted by Gasteiger charge is 2.09. The fourth-order valence-corrected chi connectivity index (χ4v) is 2.86. The first kappa shape index (κ1) is 12.6. The van der Waals surface area contributed by atoms with E-state index in [4.69, 9.17) is 5.11 Å². The van der Waals surface area contributed by atoms with Gasteiger partial charge < -0.3 is 9.67 Å². The second-order valence-corrected chi connectivity index (χ2v) is 5.59. The lowest BCUT2D eigenvalue weighted by atomic mass is 10.4. The number of carboxylic acid groups (broad SMARTS) is 1. The zero-order chi connectivity index (χ0) is 14.3. The van der Waals surface area contributed by atoms with Crippen LogP contribution in [0, 0.1) is 6.92 Å². The first-order valence-corrected chi connectivity index (χ1v) is 6.73. The Morgan fingerprint density at radius 1 is 1.40 bits per heavy atom. The van der Waals surface area contributed by atoms with Gasteiger partial charge in [-0.15, -0.1) is 11.3 Å². The summed E-state index contributed by atoms with van der Waals surface area (Å²) < 4.78 is 3.10. The molecule has 0 aliphatic heterocycles. The van der Waals surface area contributed by atoms with Gasteiger partial charge in [0.1, 0.15) is 10.4 Å². The Morgan fingerprint density at radius 2 is 2.20 bits per heavy atom. The highest BCUT2D eigenvalue weighted by molar-refractivity contribution is 7.13. The van der Waals surface area contributed by atoms with E-state index in [1.807, 2.05) is 6.92 Å². The number of rotatable bonds is 3. The SMILES string of the molecule is Cc1cc2c(=O)n(Cc3ccc(C(=O)O)s3)ccn2n1. The van der Waals surface area contributed by atoms with E-state index in [-0.39, 0.29) is 10.4 Å². The predicted octanol–water partition coefficient (Wildman–Crippen LogP) is 1.61. The average molecular weight is 289 g/mol. The molecule has 20 heavy (non-hydrogen) atoms. The molecule has 0 aliphatic rings. The molecule has 3 rings (SSSR count). The molecule has 0 saturated heterocycles. The Labute approximate surface area is 117 Å². The van der Waals surface area contributed by atoms with Crippen LogP contribution in [0.1, 0.15) is 20.2 Å². The minimum atomic E-state index is -0.949. The molecule has 0 saturated carbocycles. The average Bonchev–Trinajstić information content (AvgIpc) is 2.99. The molecule has 3 aromatic rings. The lowest BCUT2D eigenvalue weighted by molar-refractivity contribution is 0.0702. The van der Waals surface area contributed by atoms with E-state index in [0.717, 1.165) is 10.6 Å². The summed E-state index contributed by atoms with van der Waals surface area (Å²) >= 11 is 1.17. The smallest absolute Gasteiger partial charge is 0.345 e. The number of nitrogens with zero attached hydrogens (tertiary/aromatic N) is 3. The summed E-state index contributed by atoms with van der Waals surface area (Å²) in [4.78, 5) is 24.2. The van der Waals surface area contributed by atoms with Crippen LogP contribution in [-0.2, 0) is 6.54 Å². The number of carboxylic acids is 1. The molecule has 0 aromatic carbocycles. The molecule has 7 heteroatoms. The van der Waals surface area contributed by atoms with Crippen LogP contribution in [0.5, 0.6) is 0 Å². The fraction of sp³-hybridized carbons (Fsp3) is 0.154. The zero-order valence-electron chi connectivity index (χ0n) is 10.6. The van der Waals surface area contributed by atoms with Crippen molar-refractivity contribution in [2.24, 2.45) is 0 Å². The largest absolute Gasteiger partial charge is 0.477 e. The van der Waals surface area contributed by atoms with Crippen molar-refractivity contribution in [1.29, 1.82) is 0 Å². The molecule has 0 amide bonds. The van der Waals surface area contributed by atoms with Crippen molar-refractivity contribution >= 4 is 22.8 Å². The fourth-order valence-electron chi connectivity index (χ4n) is 2.02. The van der Waals surface area contributed by atoms with Crippen LogP contribution < -0.4 is 5.56 Å². The molecular formula is C13H11N3O3S. The van der Waals surface area contributed by atoms with Crippen LogP contribution in [0.3, 0.4) is 0 Å². The summed E-state index contributed by atoms with van der Waals surface area (Å²) in [5.74, 6) is -0.949.